The lowest BCUT2D eigenvalue weighted by atomic mass is 9.94. The van der Waals surface area contributed by atoms with Gasteiger partial charge in [-0.05, 0) is 54.3 Å². The van der Waals surface area contributed by atoms with Crippen molar-refractivity contribution in [3.8, 4) is 34.0 Å². The average Bonchev–Trinajstić information content (AvgIpc) is 3.31. The maximum atomic E-state index is 10.9. The summed E-state index contributed by atoms with van der Waals surface area (Å²) < 4.78 is 11.0. The van der Waals surface area contributed by atoms with Gasteiger partial charge in [0.05, 0.1) is 18.1 Å². The molecule has 8 nitrogen and oxygen atoms in total. The lowest BCUT2D eigenvalue weighted by Gasteiger charge is -2.13. The second kappa shape index (κ2) is 10.7. The maximum absolute atomic E-state index is 10.9. The molecule has 0 saturated carbocycles. The number of methoxy groups -OCH3 is 1. The number of nitrogens with one attached hydrogen (secondary N) is 1. The number of carboxylic acid groups (broad SMARTS) is 1. The molecule has 1 unspecified atom stereocenters. The average molecular weight is 493 g/mol. The van der Waals surface area contributed by atoms with Crippen molar-refractivity contribution in [2.45, 2.75) is 32.9 Å². The SMILES string of the molecule is COCc1cc(-c2nc(-c3cnc(NC(C)CC(=O)O)c(Cl)c3)no2)ccc1-c1ccccc1C. The van der Waals surface area contributed by atoms with Gasteiger partial charge in [0.1, 0.15) is 5.82 Å². The summed E-state index contributed by atoms with van der Waals surface area (Å²) in [5, 5.41) is 16.3. The molecule has 0 radical (unpaired) electrons. The molecule has 2 N–H and O–H groups in total. The van der Waals surface area contributed by atoms with E-state index in [2.05, 4.69) is 39.5 Å². The fraction of sp³-hybridized carbons (Fsp3) is 0.231. The van der Waals surface area contributed by atoms with Crippen molar-refractivity contribution in [3.63, 3.8) is 0 Å². The third kappa shape index (κ3) is 5.67. The highest BCUT2D eigenvalue weighted by molar-refractivity contribution is 6.33. The Labute approximate surface area is 207 Å². The molecule has 180 valence electrons. The van der Waals surface area contributed by atoms with E-state index in [9.17, 15) is 4.79 Å². The van der Waals surface area contributed by atoms with E-state index in [0.29, 0.717) is 34.7 Å². The summed E-state index contributed by atoms with van der Waals surface area (Å²) in [4.78, 5) is 19.7. The molecule has 2 aromatic carbocycles. The summed E-state index contributed by atoms with van der Waals surface area (Å²) >= 11 is 6.36. The molecular formula is C26H25ClN4O4. The zero-order chi connectivity index (χ0) is 24.9. The van der Waals surface area contributed by atoms with Gasteiger partial charge in [0.2, 0.25) is 5.82 Å². The van der Waals surface area contributed by atoms with E-state index in [1.165, 1.54) is 5.56 Å². The molecule has 2 heterocycles. The topological polar surface area (TPSA) is 110 Å². The first-order valence-corrected chi connectivity index (χ1v) is 11.4. The van der Waals surface area contributed by atoms with Gasteiger partial charge >= 0.3 is 5.97 Å². The Morgan fingerprint density at radius 3 is 2.69 bits per heavy atom. The lowest BCUT2D eigenvalue weighted by Crippen LogP contribution is -2.20. The van der Waals surface area contributed by atoms with Gasteiger partial charge in [-0.15, -0.1) is 0 Å². The van der Waals surface area contributed by atoms with Crippen molar-refractivity contribution >= 4 is 23.4 Å². The first-order chi connectivity index (χ1) is 16.9. The number of anilines is 1. The van der Waals surface area contributed by atoms with Gasteiger partial charge in [-0.1, -0.05) is 47.1 Å². The van der Waals surface area contributed by atoms with Crippen LogP contribution in [0.2, 0.25) is 5.02 Å². The van der Waals surface area contributed by atoms with Crippen molar-refractivity contribution in [2.75, 3.05) is 12.4 Å². The van der Waals surface area contributed by atoms with Gasteiger partial charge in [0.25, 0.3) is 5.89 Å². The summed E-state index contributed by atoms with van der Waals surface area (Å²) in [5.41, 5.74) is 5.77. The Kier molecular flexibility index (Phi) is 7.43. The Balaban J connectivity index is 1.60. The molecule has 35 heavy (non-hydrogen) atoms. The van der Waals surface area contributed by atoms with Gasteiger partial charge in [-0.2, -0.15) is 4.98 Å². The third-order valence-electron chi connectivity index (χ3n) is 5.48. The van der Waals surface area contributed by atoms with Gasteiger partial charge in [-0.25, -0.2) is 4.98 Å². The summed E-state index contributed by atoms with van der Waals surface area (Å²) in [6.45, 7) is 4.26. The molecule has 0 fully saturated rings. The minimum Gasteiger partial charge on any atom is -0.481 e. The highest BCUT2D eigenvalue weighted by Crippen LogP contribution is 2.32. The van der Waals surface area contributed by atoms with Crippen LogP contribution in [0.15, 0.2) is 59.3 Å². The smallest absolute Gasteiger partial charge is 0.305 e. The fourth-order valence-electron chi connectivity index (χ4n) is 3.81. The van der Waals surface area contributed by atoms with E-state index in [-0.39, 0.29) is 12.5 Å². The number of carbonyl (C=O) groups is 1. The Morgan fingerprint density at radius 2 is 1.97 bits per heavy atom. The van der Waals surface area contributed by atoms with Crippen LogP contribution in [0.25, 0.3) is 34.0 Å². The van der Waals surface area contributed by atoms with Gasteiger partial charge in [-0.3, -0.25) is 4.79 Å². The monoisotopic (exact) mass is 492 g/mol. The lowest BCUT2D eigenvalue weighted by molar-refractivity contribution is -0.137. The second-order valence-electron chi connectivity index (χ2n) is 8.24. The van der Waals surface area contributed by atoms with Crippen molar-refractivity contribution < 1.29 is 19.2 Å². The van der Waals surface area contributed by atoms with E-state index in [4.69, 9.17) is 26.0 Å². The van der Waals surface area contributed by atoms with Crippen LogP contribution in [0.1, 0.15) is 24.5 Å². The summed E-state index contributed by atoms with van der Waals surface area (Å²) in [6, 6.07) is 15.5. The number of aliphatic carboxylic acids is 1. The van der Waals surface area contributed by atoms with Crippen molar-refractivity contribution in [3.05, 3.63) is 70.9 Å². The zero-order valence-electron chi connectivity index (χ0n) is 19.6. The first-order valence-electron chi connectivity index (χ1n) is 11.0. The van der Waals surface area contributed by atoms with Crippen LogP contribution in [-0.2, 0) is 16.1 Å². The van der Waals surface area contributed by atoms with E-state index in [1.807, 2.05) is 30.3 Å². The van der Waals surface area contributed by atoms with Crippen LogP contribution in [0.5, 0.6) is 0 Å². The second-order valence-corrected chi connectivity index (χ2v) is 8.65. The number of hydrogen-bond acceptors (Lipinski definition) is 7. The number of rotatable bonds is 9. The number of ether oxygens (including phenoxy) is 1. The molecule has 0 aliphatic rings. The Hall–Kier alpha value is -3.75. The van der Waals surface area contributed by atoms with Crippen LogP contribution in [0, 0.1) is 6.92 Å². The molecule has 4 aromatic rings. The zero-order valence-corrected chi connectivity index (χ0v) is 20.3. The van der Waals surface area contributed by atoms with Gasteiger partial charge in [0, 0.05) is 30.5 Å². The van der Waals surface area contributed by atoms with Gasteiger partial charge in [0.15, 0.2) is 0 Å². The molecule has 0 aliphatic carbocycles. The highest BCUT2D eigenvalue weighted by atomic mass is 35.5. The minimum absolute atomic E-state index is 0.0539. The molecule has 0 aliphatic heterocycles. The molecule has 0 saturated heterocycles. The van der Waals surface area contributed by atoms with Crippen LogP contribution >= 0.6 is 11.6 Å². The molecule has 9 heteroatoms. The molecule has 0 amide bonds. The third-order valence-corrected chi connectivity index (χ3v) is 5.76. The van der Waals surface area contributed by atoms with E-state index in [1.54, 1.807) is 26.3 Å². The normalized spacial score (nSPS) is 11.9. The van der Waals surface area contributed by atoms with Crippen LogP contribution in [-0.4, -0.2) is 39.4 Å². The number of nitrogens with zero attached hydrogens (tertiary/aromatic N) is 3. The number of aryl methyl sites for hydroxylation is 1. The number of halogens is 1. The number of hydrogen-bond donors (Lipinski definition) is 2. The molecule has 2 aromatic heterocycles. The number of aromatic nitrogens is 3. The van der Waals surface area contributed by atoms with Crippen molar-refractivity contribution in [1.29, 1.82) is 0 Å². The predicted molar refractivity (Wildman–Crippen MR) is 134 cm³/mol. The van der Waals surface area contributed by atoms with E-state index in [0.717, 1.165) is 22.3 Å². The molecule has 0 spiro atoms. The van der Waals surface area contributed by atoms with Crippen molar-refractivity contribution in [1.82, 2.24) is 15.1 Å². The summed E-state index contributed by atoms with van der Waals surface area (Å²) in [7, 11) is 1.66. The van der Waals surface area contributed by atoms with Crippen LogP contribution in [0.4, 0.5) is 5.82 Å². The molecule has 1 atom stereocenters. The Bertz CT molecular complexity index is 1350. The quantitative estimate of drug-likeness (QED) is 0.299. The molecular weight excluding hydrogens is 468 g/mol. The Morgan fingerprint density at radius 1 is 1.17 bits per heavy atom. The summed E-state index contributed by atoms with van der Waals surface area (Å²) in [5.74, 6) is 0.194. The first kappa shape index (κ1) is 24.4. The standard InChI is InChI=1S/C26H25ClN4O4/c1-15-6-4-5-7-20(15)21-9-8-17(11-19(21)14-34-3)26-30-24(31-35-26)18-12-22(27)25(28-13-18)29-16(2)10-23(32)33/h4-9,11-13,16H,10,14H2,1-3H3,(H,28,29)(H,32,33). The maximum Gasteiger partial charge on any atom is 0.305 e. The van der Waals surface area contributed by atoms with E-state index < -0.39 is 5.97 Å². The van der Waals surface area contributed by atoms with E-state index >= 15 is 0 Å². The van der Waals surface area contributed by atoms with Crippen LogP contribution in [0.3, 0.4) is 0 Å². The van der Waals surface area contributed by atoms with Crippen LogP contribution < -0.4 is 5.32 Å². The van der Waals surface area contributed by atoms with Crippen molar-refractivity contribution in [2.24, 2.45) is 0 Å². The largest absolute Gasteiger partial charge is 0.481 e. The predicted octanol–water partition coefficient (Wildman–Crippen LogP) is 5.85. The number of benzene rings is 2. The van der Waals surface area contributed by atoms with Gasteiger partial charge < -0.3 is 19.7 Å². The number of carboxylic acids is 1. The molecule has 0 bridgehead atoms. The highest BCUT2D eigenvalue weighted by Gasteiger charge is 2.16. The molecule has 4 rings (SSSR count). The number of pyridine rings is 1. The summed E-state index contributed by atoms with van der Waals surface area (Å²) in [6.07, 6.45) is 1.51. The minimum atomic E-state index is -0.905. The fourth-order valence-corrected chi connectivity index (χ4v) is 4.03.